The normalized spacial score (nSPS) is 19.4. The standard InChI is InChI=1S/C14H20N2O3/c1-18-12-6-5-10(8-13(12)19-2)9-16-7-3-4-11(16)14(15)17/h5-6,8,11H,3-4,7,9H2,1-2H3,(H2,15,17). The van der Waals surface area contributed by atoms with Gasteiger partial charge in [0.25, 0.3) is 0 Å². The molecule has 5 nitrogen and oxygen atoms in total. The van der Waals surface area contributed by atoms with Crippen LogP contribution in [-0.2, 0) is 11.3 Å². The second-order valence-electron chi connectivity index (χ2n) is 4.72. The van der Waals surface area contributed by atoms with E-state index in [-0.39, 0.29) is 11.9 Å². The summed E-state index contributed by atoms with van der Waals surface area (Å²) in [5, 5.41) is 0. The van der Waals surface area contributed by atoms with Crippen molar-refractivity contribution < 1.29 is 14.3 Å². The molecule has 0 radical (unpaired) electrons. The van der Waals surface area contributed by atoms with Gasteiger partial charge in [-0.15, -0.1) is 0 Å². The van der Waals surface area contributed by atoms with Gasteiger partial charge >= 0.3 is 0 Å². The molecule has 0 aliphatic carbocycles. The van der Waals surface area contributed by atoms with Gasteiger partial charge in [0.1, 0.15) is 0 Å². The Kier molecular flexibility index (Phi) is 4.27. The number of carbonyl (C=O) groups is 1. The molecule has 104 valence electrons. The van der Waals surface area contributed by atoms with Crippen molar-refractivity contribution in [2.75, 3.05) is 20.8 Å². The highest BCUT2D eigenvalue weighted by atomic mass is 16.5. The first-order valence-electron chi connectivity index (χ1n) is 6.40. The average Bonchev–Trinajstić information content (AvgIpc) is 2.87. The Labute approximate surface area is 113 Å². The third kappa shape index (κ3) is 2.98. The lowest BCUT2D eigenvalue weighted by atomic mass is 10.1. The number of carbonyl (C=O) groups excluding carboxylic acids is 1. The van der Waals surface area contributed by atoms with Crippen LogP contribution in [0.3, 0.4) is 0 Å². The molecule has 1 heterocycles. The summed E-state index contributed by atoms with van der Waals surface area (Å²) in [6.45, 7) is 1.61. The van der Waals surface area contributed by atoms with Crippen LogP contribution in [0.5, 0.6) is 11.5 Å². The van der Waals surface area contributed by atoms with Gasteiger partial charge in [0.05, 0.1) is 20.3 Å². The number of ether oxygens (including phenoxy) is 2. The van der Waals surface area contributed by atoms with E-state index < -0.39 is 0 Å². The lowest BCUT2D eigenvalue weighted by Crippen LogP contribution is -2.39. The highest BCUT2D eigenvalue weighted by Gasteiger charge is 2.28. The maximum atomic E-state index is 11.4. The molecule has 1 atom stereocenters. The molecule has 1 aromatic carbocycles. The number of amides is 1. The fraction of sp³-hybridized carbons (Fsp3) is 0.500. The molecule has 0 aromatic heterocycles. The van der Waals surface area contributed by atoms with Gasteiger partial charge in [-0.05, 0) is 37.1 Å². The minimum atomic E-state index is -0.238. The van der Waals surface area contributed by atoms with Crippen molar-refractivity contribution in [2.45, 2.75) is 25.4 Å². The zero-order valence-corrected chi connectivity index (χ0v) is 11.4. The molecule has 19 heavy (non-hydrogen) atoms. The van der Waals surface area contributed by atoms with Crippen LogP contribution in [0.25, 0.3) is 0 Å². The Balaban J connectivity index is 2.12. The first-order valence-corrected chi connectivity index (χ1v) is 6.40. The Hall–Kier alpha value is -1.75. The van der Waals surface area contributed by atoms with Gasteiger partial charge in [-0.3, -0.25) is 9.69 Å². The Bertz CT molecular complexity index is 462. The largest absolute Gasteiger partial charge is 0.493 e. The number of nitrogens with zero attached hydrogens (tertiary/aromatic N) is 1. The predicted octanol–water partition coefficient (Wildman–Crippen LogP) is 1.15. The third-order valence-corrected chi connectivity index (χ3v) is 3.53. The van der Waals surface area contributed by atoms with Gasteiger partial charge in [0.15, 0.2) is 11.5 Å². The summed E-state index contributed by atoms with van der Waals surface area (Å²) in [5.41, 5.74) is 6.51. The Morgan fingerprint density at radius 1 is 1.37 bits per heavy atom. The number of hydrogen-bond donors (Lipinski definition) is 1. The van der Waals surface area contributed by atoms with Gasteiger partial charge in [0, 0.05) is 6.54 Å². The van der Waals surface area contributed by atoms with Gasteiger partial charge in [-0.25, -0.2) is 0 Å². The van der Waals surface area contributed by atoms with Crippen LogP contribution in [0.2, 0.25) is 0 Å². The maximum Gasteiger partial charge on any atom is 0.234 e. The molecule has 1 unspecified atom stereocenters. The smallest absolute Gasteiger partial charge is 0.234 e. The molecule has 0 bridgehead atoms. The number of methoxy groups -OCH3 is 2. The molecule has 2 rings (SSSR count). The number of nitrogens with two attached hydrogens (primary N) is 1. The summed E-state index contributed by atoms with van der Waals surface area (Å²) in [4.78, 5) is 13.5. The van der Waals surface area contributed by atoms with Crippen molar-refractivity contribution >= 4 is 5.91 Å². The molecule has 1 amide bonds. The van der Waals surface area contributed by atoms with Crippen LogP contribution in [0.4, 0.5) is 0 Å². The van der Waals surface area contributed by atoms with Crippen molar-refractivity contribution in [2.24, 2.45) is 5.73 Å². The molecule has 0 spiro atoms. The molecule has 1 aliphatic heterocycles. The number of rotatable bonds is 5. The summed E-state index contributed by atoms with van der Waals surface area (Å²) in [6.07, 6.45) is 1.86. The van der Waals surface area contributed by atoms with Crippen molar-refractivity contribution in [3.8, 4) is 11.5 Å². The van der Waals surface area contributed by atoms with Gasteiger partial charge in [-0.1, -0.05) is 6.07 Å². The van der Waals surface area contributed by atoms with Gasteiger partial charge in [0.2, 0.25) is 5.91 Å². The van der Waals surface area contributed by atoms with Crippen LogP contribution in [0.15, 0.2) is 18.2 Å². The lowest BCUT2D eigenvalue weighted by molar-refractivity contribution is -0.122. The fourth-order valence-electron chi connectivity index (χ4n) is 2.55. The van der Waals surface area contributed by atoms with Crippen LogP contribution < -0.4 is 15.2 Å². The monoisotopic (exact) mass is 264 g/mol. The minimum absolute atomic E-state index is 0.145. The van der Waals surface area contributed by atoms with E-state index in [4.69, 9.17) is 15.2 Å². The number of primary amides is 1. The highest BCUT2D eigenvalue weighted by Crippen LogP contribution is 2.29. The number of benzene rings is 1. The molecule has 2 N–H and O–H groups in total. The van der Waals surface area contributed by atoms with Crippen LogP contribution in [0.1, 0.15) is 18.4 Å². The van der Waals surface area contributed by atoms with E-state index in [0.29, 0.717) is 18.0 Å². The second kappa shape index (κ2) is 5.93. The lowest BCUT2D eigenvalue weighted by Gasteiger charge is -2.22. The summed E-state index contributed by atoms with van der Waals surface area (Å²) in [6, 6.07) is 5.66. The zero-order valence-electron chi connectivity index (χ0n) is 11.4. The molecular formula is C14H20N2O3. The minimum Gasteiger partial charge on any atom is -0.493 e. The molecule has 0 saturated carbocycles. The summed E-state index contributed by atoms with van der Waals surface area (Å²) >= 11 is 0. The quantitative estimate of drug-likeness (QED) is 0.866. The SMILES string of the molecule is COc1ccc(CN2CCCC2C(N)=O)cc1OC. The first-order chi connectivity index (χ1) is 9.15. The third-order valence-electron chi connectivity index (χ3n) is 3.53. The molecule has 1 aliphatic rings. The Morgan fingerprint density at radius 3 is 2.74 bits per heavy atom. The van der Waals surface area contributed by atoms with Crippen molar-refractivity contribution in [1.82, 2.24) is 4.90 Å². The first kappa shape index (κ1) is 13.7. The summed E-state index contributed by atoms with van der Waals surface area (Å²) in [7, 11) is 3.23. The Morgan fingerprint density at radius 2 is 2.11 bits per heavy atom. The van der Waals surface area contributed by atoms with Gasteiger partial charge in [-0.2, -0.15) is 0 Å². The maximum absolute atomic E-state index is 11.4. The molecule has 1 aromatic rings. The molecular weight excluding hydrogens is 244 g/mol. The van der Waals surface area contributed by atoms with Crippen LogP contribution in [0, 0.1) is 0 Å². The van der Waals surface area contributed by atoms with Crippen LogP contribution in [-0.4, -0.2) is 37.6 Å². The predicted molar refractivity (Wildman–Crippen MR) is 72.2 cm³/mol. The highest BCUT2D eigenvalue weighted by molar-refractivity contribution is 5.80. The van der Waals surface area contributed by atoms with Crippen molar-refractivity contribution in [1.29, 1.82) is 0 Å². The summed E-state index contributed by atoms with van der Waals surface area (Å²) < 4.78 is 10.5. The van der Waals surface area contributed by atoms with E-state index in [9.17, 15) is 4.79 Å². The van der Waals surface area contributed by atoms with E-state index in [2.05, 4.69) is 4.90 Å². The number of hydrogen-bond acceptors (Lipinski definition) is 4. The van der Waals surface area contributed by atoms with E-state index >= 15 is 0 Å². The van der Waals surface area contributed by atoms with E-state index in [1.165, 1.54) is 0 Å². The van der Waals surface area contributed by atoms with Gasteiger partial charge < -0.3 is 15.2 Å². The molecule has 1 fully saturated rings. The average molecular weight is 264 g/mol. The number of likely N-dealkylation sites (tertiary alicyclic amines) is 1. The molecule has 1 saturated heterocycles. The van der Waals surface area contributed by atoms with Crippen molar-refractivity contribution in [3.05, 3.63) is 23.8 Å². The second-order valence-corrected chi connectivity index (χ2v) is 4.72. The van der Waals surface area contributed by atoms with E-state index in [0.717, 1.165) is 24.9 Å². The molecule has 5 heteroatoms. The van der Waals surface area contributed by atoms with Crippen molar-refractivity contribution in [3.63, 3.8) is 0 Å². The van der Waals surface area contributed by atoms with E-state index in [1.54, 1.807) is 14.2 Å². The fourth-order valence-corrected chi connectivity index (χ4v) is 2.55. The van der Waals surface area contributed by atoms with E-state index in [1.807, 2.05) is 18.2 Å². The van der Waals surface area contributed by atoms with Crippen LogP contribution >= 0.6 is 0 Å². The zero-order chi connectivity index (χ0) is 13.8. The topological polar surface area (TPSA) is 64.8 Å². The summed E-state index contributed by atoms with van der Waals surface area (Å²) in [5.74, 6) is 1.17.